The van der Waals surface area contributed by atoms with Crippen molar-refractivity contribution in [2.75, 3.05) is 11.9 Å². The van der Waals surface area contributed by atoms with Crippen LogP contribution in [-0.2, 0) is 18.6 Å². The van der Waals surface area contributed by atoms with Gasteiger partial charge >= 0.3 is 13.5 Å². The van der Waals surface area contributed by atoms with Gasteiger partial charge in [-0.15, -0.1) is 0 Å². The molecular weight excluding hydrogens is 617 g/mol. The molecule has 1 aliphatic rings. The number of ether oxygens (including phenoxy) is 1. The van der Waals surface area contributed by atoms with Crippen LogP contribution in [0, 0.1) is 0 Å². The first kappa shape index (κ1) is 40.3. The third-order valence-corrected chi connectivity index (χ3v) is 8.46. The summed E-state index contributed by atoms with van der Waals surface area (Å²) in [4.78, 5) is 46.7. The van der Waals surface area contributed by atoms with E-state index in [9.17, 15) is 14.2 Å². The molecule has 2 rings (SSSR count). The molecule has 1 aliphatic heterocycles. The quantitative estimate of drug-likeness (QED) is 0.0710. The summed E-state index contributed by atoms with van der Waals surface area (Å²) in [5, 5.41) is 2.68. The van der Waals surface area contributed by atoms with E-state index in [1.807, 2.05) is 6.92 Å². The standard InChI is InChI=1S/C36H56N3O7P/c1-27(2)12-9-15-30(5)18-10-16-28(3)13-7-8-14-29(4)17-11-19-31(6)20-22-34(40)37-33-24-25-39(36(41)38-33)35-23-21-32(46-35)26-45-47(42,43)44/h12-14,18-19,24-25,32,35H,7-11,15-17,20-23,26H2,1-6H3,(H2,42,43,44)(H,37,38,40,41)/b28-13+,29-14-,30-18+,31-19+/t32-,35+/m0/s1. The van der Waals surface area contributed by atoms with Crippen LogP contribution in [0.2, 0.25) is 0 Å². The number of amides is 1. The van der Waals surface area contributed by atoms with E-state index in [1.165, 1.54) is 39.1 Å². The van der Waals surface area contributed by atoms with Gasteiger partial charge in [0, 0.05) is 12.6 Å². The summed E-state index contributed by atoms with van der Waals surface area (Å²) in [6, 6.07) is 1.53. The first-order chi connectivity index (χ1) is 22.2. The molecule has 1 aromatic heterocycles. The number of anilines is 1. The third kappa shape index (κ3) is 18.3. The van der Waals surface area contributed by atoms with Crippen LogP contribution in [-0.4, -0.2) is 38.0 Å². The minimum atomic E-state index is -4.59. The summed E-state index contributed by atoms with van der Waals surface area (Å²) in [7, 11) is -4.59. The van der Waals surface area contributed by atoms with Gasteiger partial charge in [0.25, 0.3) is 0 Å². The van der Waals surface area contributed by atoms with Gasteiger partial charge in [-0.05, 0) is 118 Å². The molecular formula is C36H56N3O7P. The predicted octanol–water partition coefficient (Wildman–Crippen LogP) is 8.62. The Balaban J connectivity index is 1.66. The molecule has 0 spiro atoms. The maximum Gasteiger partial charge on any atom is 0.469 e. The predicted molar refractivity (Wildman–Crippen MR) is 189 cm³/mol. The summed E-state index contributed by atoms with van der Waals surface area (Å²) in [5.74, 6) is -0.0556. The van der Waals surface area contributed by atoms with E-state index in [2.05, 4.69) is 79.8 Å². The van der Waals surface area contributed by atoms with Crippen molar-refractivity contribution in [3.63, 3.8) is 0 Å². The molecule has 47 heavy (non-hydrogen) atoms. The number of carbonyl (C=O) groups is 1. The zero-order valence-corrected chi connectivity index (χ0v) is 30.1. The lowest BCUT2D eigenvalue weighted by Crippen LogP contribution is -2.28. The second-order valence-corrected chi connectivity index (χ2v) is 14.0. The second-order valence-electron chi connectivity index (χ2n) is 12.8. The fourth-order valence-corrected chi connectivity index (χ4v) is 5.52. The first-order valence-corrected chi connectivity index (χ1v) is 18.3. The van der Waals surface area contributed by atoms with Crippen molar-refractivity contribution < 1.29 is 28.4 Å². The van der Waals surface area contributed by atoms with Crippen LogP contribution in [0.1, 0.15) is 125 Å². The lowest BCUT2D eigenvalue weighted by molar-refractivity contribution is -0.116. The molecule has 1 amide bonds. The Bertz CT molecular complexity index is 1410. The van der Waals surface area contributed by atoms with E-state index in [-0.39, 0.29) is 24.8 Å². The molecule has 1 aromatic rings. The highest BCUT2D eigenvalue weighted by Gasteiger charge is 2.29. The summed E-state index contributed by atoms with van der Waals surface area (Å²) >= 11 is 0. The molecule has 2 atom stereocenters. The van der Waals surface area contributed by atoms with Crippen molar-refractivity contribution in [1.29, 1.82) is 0 Å². The molecule has 0 radical (unpaired) electrons. The molecule has 10 nitrogen and oxygen atoms in total. The van der Waals surface area contributed by atoms with Crippen LogP contribution < -0.4 is 11.0 Å². The minimum Gasteiger partial charge on any atom is -0.352 e. The number of hydrogen-bond donors (Lipinski definition) is 3. The number of phosphoric acid groups is 1. The zero-order valence-electron chi connectivity index (χ0n) is 29.2. The molecule has 0 aliphatic carbocycles. The normalized spacial score (nSPS) is 18.0. The number of allylic oxidation sites excluding steroid dienone is 10. The van der Waals surface area contributed by atoms with Gasteiger partial charge in [0.1, 0.15) is 12.0 Å². The molecule has 11 heteroatoms. The molecule has 1 fully saturated rings. The smallest absolute Gasteiger partial charge is 0.352 e. The van der Waals surface area contributed by atoms with Crippen molar-refractivity contribution >= 4 is 19.5 Å². The number of aromatic nitrogens is 2. The van der Waals surface area contributed by atoms with Crippen molar-refractivity contribution in [3.8, 4) is 0 Å². The van der Waals surface area contributed by atoms with Crippen LogP contribution in [0.4, 0.5) is 5.82 Å². The van der Waals surface area contributed by atoms with E-state index in [1.54, 1.807) is 0 Å². The summed E-state index contributed by atoms with van der Waals surface area (Å²) < 4.78 is 22.4. The van der Waals surface area contributed by atoms with E-state index >= 15 is 0 Å². The van der Waals surface area contributed by atoms with Gasteiger partial charge in [-0.2, -0.15) is 4.98 Å². The van der Waals surface area contributed by atoms with E-state index in [0.717, 1.165) is 56.9 Å². The molecule has 0 unspecified atom stereocenters. The van der Waals surface area contributed by atoms with Gasteiger partial charge in [-0.3, -0.25) is 13.9 Å². The van der Waals surface area contributed by atoms with E-state index in [0.29, 0.717) is 19.3 Å². The molecule has 0 saturated carbocycles. The fraction of sp³-hybridized carbons (Fsp3) is 0.583. The number of phosphoric ester groups is 1. The highest BCUT2D eigenvalue weighted by atomic mass is 31.2. The van der Waals surface area contributed by atoms with Crippen molar-refractivity contribution in [2.45, 2.75) is 131 Å². The Labute approximate surface area is 281 Å². The molecule has 262 valence electrons. The average Bonchev–Trinajstić information content (AvgIpc) is 3.46. The largest absolute Gasteiger partial charge is 0.469 e. The molecule has 2 heterocycles. The van der Waals surface area contributed by atoms with E-state index in [4.69, 9.17) is 14.5 Å². The number of nitrogens with zero attached hydrogens (tertiary/aromatic N) is 2. The van der Waals surface area contributed by atoms with Crippen LogP contribution >= 0.6 is 7.82 Å². The Hall–Kier alpha value is -2.88. The molecule has 0 bridgehead atoms. The first-order valence-electron chi connectivity index (χ1n) is 16.7. The topological polar surface area (TPSA) is 140 Å². The Morgan fingerprint density at radius 3 is 1.94 bits per heavy atom. The van der Waals surface area contributed by atoms with Gasteiger partial charge in [0.2, 0.25) is 5.91 Å². The van der Waals surface area contributed by atoms with Crippen LogP contribution in [0.15, 0.2) is 75.3 Å². The van der Waals surface area contributed by atoms with E-state index < -0.39 is 25.8 Å². The second kappa shape index (κ2) is 21.2. The van der Waals surface area contributed by atoms with Gasteiger partial charge in [-0.25, -0.2) is 9.36 Å². The maximum absolute atomic E-state index is 12.5. The van der Waals surface area contributed by atoms with Gasteiger partial charge in [-0.1, -0.05) is 58.2 Å². The molecule has 1 saturated heterocycles. The van der Waals surface area contributed by atoms with Crippen molar-refractivity contribution in [3.05, 3.63) is 81.0 Å². The number of carbonyl (C=O) groups excluding carboxylic acids is 1. The zero-order chi connectivity index (χ0) is 34.8. The Morgan fingerprint density at radius 2 is 1.40 bits per heavy atom. The summed E-state index contributed by atoms with van der Waals surface area (Å²) in [5.41, 5.74) is 6.25. The number of hydrogen-bond acceptors (Lipinski definition) is 6. The van der Waals surface area contributed by atoms with Gasteiger partial charge in [0.05, 0.1) is 12.7 Å². The van der Waals surface area contributed by atoms with Crippen LogP contribution in [0.5, 0.6) is 0 Å². The molecule has 0 aromatic carbocycles. The molecule has 3 N–H and O–H groups in total. The van der Waals surface area contributed by atoms with Crippen LogP contribution in [0.3, 0.4) is 0 Å². The number of rotatable bonds is 20. The summed E-state index contributed by atoms with van der Waals surface area (Å²) in [6.45, 7) is 12.7. The number of nitrogens with one attached hydrogen (secondary N) is 1. The van der Waals surface area contributed by atoms with Crippen molar-refractivity contribution in [2.24, 2.45) is 0 Å². The summed E-state index contributed by atoms with van der Waals surface area (Å²) in [6.07, 6.45) is 22.3. The highest BCUT2D eigenvalue weighted by Crippen LogP contribution is 2.38. The Morgan fingerprint density at radius 1 is 0.872 bits per heavy atom. The minimum absolute atomic E-state index is 0.167. The van der Waals surface area contributed by atoms with Crippen LogP contribution in [0.25, 0.3) is 0 Å². The lowest BCUT2D eigenvalue weighted by atomic mass is 10.0. The van der Waals surface area contributed by atoms with Gasteiger partial charge in [0.15, 0.2) is 0 Å². The van der Waals surface area contributed by atoms with Crippen molar-refractivity contribution in [1.82, 2.24) is 9.55 Å². The third-order valence-electron chi connectivity index (χ3n) is 7.97. The maximum atomic E-state index is 12.5. The fourth-order valence-electron chi connectivity index (χ4n) is 5.16. The average molecular weight is 674 g/mol. The van der Waals surface area contributed by atoms with Gasteiger partial charge < -0.3 is 19.8 Å². The Kier molecular flexibility index (Phi) is 18.1. The highest BCUT2D eigenvalue weighted by molar-refractivity contribution is 7.46. The SMILES string of the molecule is CC(C)=CCC/C(C)=C/CC/C(C)=C/CC/C=C(/C)CC/C=C(\C)CCC(=O)Nc1ccn([C@H]2CC[C@@H](COP(=O)(O)O)O2)c(=O)n1. The lowest BCUT2D eigenvalue weighted by Gasteiger charge is -2.16. The number of unbranched alkanes of at least 4 members (excludes halogenated alkanes) is 1. The monoisotopic (exact) mass is 673 g/mol.